The second kappa shape index (κ2) is 11.0. The molecule has 34 heavy (non-hydrogen) atoms. The van der Waals surface area contributed by atoms with Crippen LogP contribution in [0.2, 0.25) is 0 Å². The SMILES string of the molecule is Cc1ccc(C(=O)NC(=S)Nc2ncccc2OC(=S)NC(=O)c2ccc(C)cc2C)c(C)c1. The van der Waals surface area contributed by atoms with Crippen molar-refractivity contribution in [2.24, 2.45) is 0 Å². The Bertz CT molecular complexity index is 1190. The third kappa shape index (κ3) is 6.43. The number of nitrogens with zero attached hydrogens (tertiary/aromatic N) is 1. The number of nitrogens with one attached hydrogen (secondary N) is 3. The molecule has 9 heteroatoms. The minimum atomic E-state index is -0.378. The van der Waals surface area contributed by atoms with E-state index in [9.17, 15) is 9.59 Å². The van der Waals surface area contributed by atoms with Crippen LogP contribution in [0.25, 0.3) is 0 Å². The van der Waals surface area contributed by atoms with Gasteiger partial charge in [-0.3, -0.25) is 20.2 Å². The van der Waals surface area contributed by atoms with Crippen LogP contribution in [0.1, 0.15) is 43.0 Å². The summed E-state index contributed by atoms with van der Waals surface area (Å²) in [4.78, 5) is 29.3. The highest BCUT2D eigenvalue weighted by molar-refractivity contribution is 7.80. The van der Waals surface area contributed by atoms with Gasteiger partial charge in [-0.15, -0.1) is 0 Å². The van der Waals surface area contributed by atoms with Crippen molar-refractivity contribution in [1.82, 2.24) is 15.6 Å². The van der Waals surface area contributed by atoms with E-state index in [1.54, 1.807) is 24.3 Å². The van der Waals surface area contributed by atoms with Crippen molar-refractivity contribution in [3.63, 3.8) is 0 Å². The fourth-order valence-electron chi connectivity index (χ4n) is 3.30. The van der Waals surface area contributed by atoms with Gasteiger partial charge in [-0.05, 0) is 87.5 Å². The number of anilines is 1. The topological polar surface area (TPSA) is 92.3 Å². The van der Waals surface area contributed by atoms with Crippen LogP contribution in [-0.2, 0) is 0 Å². The maximum Gasteiger partial charge on any atom is 0.269 e. The quantitative estimate of drug-likeness (QED) is 0.461. The molecule has 174 valence electrons. The summed E-state index contributed by atoms with van der Waals surface area (Å²) in [5, 5.41) is 7.93. The van der Waals surface area contributed by atoms with E-state index in [1.807, 2.05) is 52.0 Å². The lowest BCUT2D eigenvalue weighted by molar-refractivity contribution is 0.0965. The second-order valence-electron chi connectivity index (χ2n) is 7.74. The number of aromatic nitrogens is 1. The summed E-state index contributed by atoms with van der Waals surface area (Å²) < 4.78 is 5.63. The molecule has 0 aliphatic heterocycles. The molecule has 0 spiro atoms. The normalized spacial score (nSPS) is 10.2. The maximum absolute atomic E-state index is 12.6. The number of hydrogen-bond acceptors (Lipinski definition) is 6. The summed E-state index contributed by atoms with van der Waals surface area (Å²) in [7, 11) is 0. The molecule has 0 radical (unpaired) electrons. The van der Waals surface area contributed by atoms with Gasteiger partial charge in [0.05, 0.1) is 0 Å². The first-order valence-corrected chi connectivity index (χ1v) is 11.2. The summed E-state index contributed by atoms with van der Waals surface area (Å²) in [5.41, 5.74) is 4.80. The monoisotopic (exact) mass is 492 g/mol. The molecule has 1 heterocycles. The Hall–Kier alpha value is -3.69. The predicted octanol–water partition coefficient (Wildman–Crippen LogP) is 4.54. The van der Waals surface area contributed by atoms with Crippen LogP contribution < -0.4 is 20.7 Å². The third-order valence-electron chi connectivity index (χ3n) is 4.90. The van der Waals surface area contributed by atoms with E-state index >= 15 is 0 Å². The second-order valence-corrected chi connectivity index (χ2v) is 8.52. The van der Waals surface area contributed by atoms with Gasteiger partial charge in [0.15, 0.2) is 16.7 Å². The van der Waals surface area contributed by atoms with Crippen LogP contribution in [0.5, 0.6) is 5.75 Å². The number of carbonyl (C=O) groups excluding carboxylic acids is 2. The molecule has 3 aromatic rings. The van der Waals surface area contributed by atoms with Gasteiger partial charge in [-0.25, -0.2) is 4.98 Å². The number of rotatable bonds is 4. The van der Waals surface area contributed by atoms with Crippen LogP contribution in [-0.4, -0.2) is 27.1 Å². The predicted molar refractivity (Wildman–Crippen MR) is 140 cm³/mol. The van der Waals surface area contributed by atoms with E-state index < -0.39 is 0 Å². The first-order chi connectivity index (χ1) is 16.1. The Morgan fingerprint density at radius 1 is 0.824 bits per heavy atom. The number of ether oxygens (including phenoxy) is 1. The minimum absolute atomic E-state index is 0.0405. The van der Waals surface area contributed by atoms with Crippen LogP contribution in [0.4, 0.5) is 5.82 Å². The number of carbonyl (C=O) groups is 2. The zero-order valence-corrected chi connectivity index (χ0v) is 20.8. The minimum Gasteiger partial charge on any atom is -0.428 e. The van der Waals surface area contributed by atoms with Crippen LogP contribution in [0.15, 0.2) is 54.7 Å². The summed E-state index contributed by atoms with van der Waals surface area (Å²) in [6, 6.07) is 14.3. The number of aryl methyl sites for hydroxylation is 4. The average Bonchev–Trinajstić information content (AvgIpc) is 2.74. The molecule has 3 rings (SSSR count). The van der Waals surface area contributed by atoms with Gasteiger partial charge in [-0.2, -0.15) is 0 Å². The number of thiocarbonyl (C=S) groups is 2. The lowest BCUT2D eigenvalue weighted by atomic mass is 10.1. The van der Waals surface area contributed by atoms with Crippen molar-refractivity contribution in [3.05, 3.63) is 88.1 Å². The Balaban J connectivity index is 1.64. The summed E-state index contributed by atoms with van der Waals surface area (Å²) in [5.74, 6) is -0.255. The largest absolute Gasteiger partial charge is 0.428 e. The molecular formula is C25H24N4O3S2. The van der Waals surface area contributed by atoms with E-state index in [4.69, 9.17) is 29.2 Å². The van der Waals surface area contributed by atoms with E-state index in [0.717, 1.165) is 22.3 Å². The van der Waals surface area contributed by atoms with Gasteiger partial charge in [0, 0.05) is 17.3 Å². The van der Waals surface area contributed by atoms with E-state index in [1.165, 1.54) is 6.20 Å². The van der Waals surface area contributed by atoms with Gasteiger partial charge in [0.2, 0.25) is 0 Å². The number of pyridine rings is 1. The van der Waals surface area contributed by atoms with Gasteiger partial charge in [0.1, 0.15) is 0 Å². The summed E-state index contributed by atoms with van der Waals surface area (Å²) >= 11 is 10.5. The number of hydrogen-bond donors (Lipinski definition) is 3. The Kier molecular flexibility index (Phi) is 8.04. The lowest BCUT2D eigenvalue weighted by Crippen LogP contribution is -2.35. The van der Waals surface area contributed by atoms with Crippen molar-refractivity contribution in [2.45, 2.75) is 27.7 Å². The smallest absolute Gasteiger partial charge is 0.269 e. The molecule has 7 nitrogen and oxygen atoms in total. The summed E-state index contributed by atoms with van der Waals surface area (Å²) in [6.07, 6.45) is 1.53. The van der Waals surface area contributed by atoms with Crippen molar-refractivity contribution < 1.29 is 14.3 Å². The number of amides is 2. The standard InChI is InChI=1S/C25H24N4O3S2/c1-14-7-9-18(16(3)12-14)22(30)28-24(33)27-21-20(6-5-11-26-21)32-25(34)29-23(31)19-10-8-15(2)13-17(19)4/h5-13H,1-4H3,(H,29,31,34)(H2,26,27,28,30,33). The molecule has 2 aromatic carbocycles. The molecule has 2 amide bonds. The molecule has 0 bridgehead atoms. The molecule has 0 fully saturated rings. The van der Waals surface area contributed by atoms with Gasteiger partial charge >= 0.3 is 0 Å². The number of benzene rings is 2. The molecule has 0 unspecified atom stereocenters. The fraction of sp³-hybridized carbons (Fsp3) is 0.160. The molecule has 0 aliphatic rings. The molecule has 0 atom stereocenters. The van der Waals surface area contributed by atoms with E-state index in [-0.39, 0.29) is 33.7 Å². The van der Waals surface area contributed by atoms with Crippen LogP contribution in [0, 0.1) is 27.7 Å². The zero-order chi connectivity index (χ0) is 24.8. The van der Waals surface area contributed by atoms with Crippen LogP contribution >= 0.6 is 24.4 Å². The molecule has 0 saturated heterocycles. The average molecular weight is 493 g/mol. The zero-order valence-electron chi connectivity index (χ0n) is 19.2. The molecular weight excluding hydrogens is 468 g/mol. The van der Waals surface area contributed by atoms with Crippen molar-refractivity contribution in [2.75, 3.05) is 5.32 Å². The van der Waals surface area contributed by atoms with E-state index in [2.05, 4.69) is 20.9 Å². The molecule has 0 aliphatic carbocycles. The Morgan fingerprint density at radius 2 is 1.38 bits per heavy atom. The molecule has 3 N–H and O–H groups in total. The van der Waals surface area contributed by atoms with Gasteiger partial charge in [-0.1, -0.05) is 35.4 Å². The molecule has 0 saturated carbocycles. The highest BCUT2D eigenvalue weighted by atomic mass is 32.1. The van der Waals surface area contributed by atoms with E-state index in [0.29, 0.717) is 11.1 Å². The Labute approximate surface area is 208 Å². The maximum atomic E-state index is 12.6. The fourth-order valence-corrected chi connectivity index (χ4v) is 3.67. The first kappa shape index (κ1) is 24.9. The molecule has 1 aromatic heterocycles. The van der Waals surface area contributed by atoms with Gasteiger partial charge < -0.3 is 10.1 Å². The van der Waals surface area contributed by atoms with Gasteiger partial charge in [0.25, 0.3) is 17.0 Å². The first-order valence-electron chi connectivity index (χ1n) is 10.4. The third-order valence-corrected chi connectivity index (χ3v) is 5.29. The lowest BCUT2D eigenvalue weighted by Gasteiger charge is -2.14. The summed E-state index contributed by atoms with van der Waals surface area (Å²) in [6.45, 7) is 7.62. The highest BCUT2D eigenvalue weighted by Gasteiger charge is 2.16. The van der Waals surface area contributed by atoms with Crippen LogP contribution in [0.3, 0.4) is 0 Å². The van der Waals surface area contributed by atoms with Crippen molar-refractivity contribution in [3.8, 4) is 5.75 Å². The highest BCUT2D eigenvalue weighted by Crippen LogP contribution is 2.21. The Morgan fingerprint density at radius 3 is 1.94 bits per heavy atom. The van der Waals surface area contributed by atoms with Crippen molar-refractivity contribution in [1.29, 1.82) is 0 Å². The van der Waals surface area contributed by atoms with Crippen molar-refractivity contribution >= 4 is 52.4 Å².